The lowest BCUT2D eigenvalue weighted by atomic mass is 10.2. The highest BCUT2D eigenvalue weighted by molar-refractivity contribution is 5.87. The molecule has 0 saturated carbocycles. The van der Waals surface area contributed by atoms with Crippen LogP contribution in [0.2, 0.25) is 0 Å². The van der Waals surface area contributed by atoms with E-state index in [9.17, 15) is 14.9 Å². The maximum absolute atomic E-state index is 12.0. The molecule has 29 heavy (non-hydrogen) atoms. The van der Waals surface area contributed by atoms with Crippen LogP contribution in [0.3, 0.4) is 0 Å². The number of ether oxygens (including phenoxy) is 2. The molecule has 0 bridgehead atoms. The molecule has 1 N–H and O–H groups in total. The highest BCUT2D eigenvalue weighted by atomic mass is 16.6. The number of hydrogen-bond acceptors (Lipinski definition) is 7. The van der Waals surface area contributed by atoms with E-state index in [0.29, 0.717) is 12.2 Å². The van der Waals surface area contributed by atoms with Gasteiger partial charge in [0.15, 0.2) is 0 Å². The predicted molar refractivity (Wildman–Crippen MR) is 111 cm³/mol. The zero-order valence-corrected chi connectivity index (χ0v) is 16.7. The summed E-state index contributed by atoms with van der Waals surface area (Å²) in [5.41, 5.74) is 0.753. The molecule has 0 aliphatic rings. The maximum atomic E-state index is 12.0. The third-order valence-corrected chi connectivity index (χ3v) is 3.87. The Morgan fingerprint density at radius 2 is 2.10 bits per heavy atom. The lowest BCUT2D eigenvalue weighted by Gasteiger charge is -2.16. The summed E-state index contributed by atoms with van der Waals surface area (Å²) < 4.78 is 10.9. The summed E-state index contributed by atoms with van der Waals surface area (Å²) in [5.74, 6) is 0.759. The Hall–Kier alpha value is -3.42. The van der Waals surface area contributed by atoms with Gasteiger partial charge in [0, 0.05) is 12.1 Å². The molecule has 0 spiro atoms. The number of carbonyl (C=O) groups is 1. The minimum atomic E-state index is -0.507. The van der Waals surface area contributed by atoms with Crippen LogP contribution in [0.1, 0.15) is 32.8 Å². The molecule has 1 unspecified atom stereocenters. The summed E-state index contributed by atoms with van der Waals surface area (Å²) in [6.07, 6.45) is 4.97. The first kappa shape index (κ1) is 21.9. The van der Waals surface area contributed by atoms with Crippen molar-refractivity contribution in [1.82, 2.24) is 4.98 Å². The van der Waals surface area contributed by atoms with Crippen LogP contribution in [0.15, 0.2) is 48.7 Å². The van der Waals surface area contributed by atoms with Gasteiger partial charge in [0.2, 0.25) is 0 Å². The molecule has 0 amide bonds. The van der Waals surface area contributed by atoms with Crippen LogP contribution >= 0.6 is 0 Å². The number of hydrogen-bond donors (Lipinski definition) is 1. The summed E-state index contributed by atoms with van der Waals surface area (Å²) in [4.78, 5) is 26.2. The average molecular weight is 399 g/mol. The van der Waals surface area contributed by atoms with Gasteiger partial charge >= 0.3 is 5.97 Å². The van der Waals surface area contributed by atoms with E-state index < -0.39 is 10.9 Å². The minimum absolute atomic E-state index is 0.0721. The molecule has 154 valence electrons. The number of esters is 1. The normalized spacial score (nSPS) is 12.0. The van der Waals surface area contributed by atoms with Crippen molar-refractivity contribution in [2.24, 2.45) is 0 Å². The second kappa shape index (κ2) is 10.8. The number of rotatable bonds is 10. The molecule has 1 aromatic carbocycles. The van der Waals surface area contributed by atoms with Gasteiger partial charge in [0.25, 0.3) is 5.69 Å². The molecule has 0 aliphatic heterocycles. The number of carbonyl (C=O) groups excluding carboxylic acids is 1. The highest BCUT2D eigenvalue weighted by Gasteiger charge is 2.11. The van der Waals surface area contributed by atoms with Crippen molar-refractivity contribution in [3.8, 4) is 5.75 Å². The lowest BCUT2D eigenvalue weighted by molar-refractivity contribution is -0.385. The highest BCUT2D eigenvalue weighted by Crippen LogP contribution is 2.16. The molecule has 8 nitrogen and oxygen atoms in total. The molecule has 1 aromatic heterocycles. The number of benzene rings is 1. The zero-order valence-electron chi connectivity index (χ0n) is 16.7. The van der Waals surface area contributed by atoms with Crippen molar-refractivity contribution < 1.29 is 19.2 Å². The topological polar surface area (TPSA) is 104 Å². The van der Waals surface area contributed by atoms with Gasteiger partial charge in [-0.25, -0.2) is 9.78 Å². The van der Waals surface area contributed by atoms with Crippen molar-refractivity contribution in [2.45, 2.75) is 39.3 Å². The molecule has 2 rings (SSSR count). The fraction of sp³-hybridized carbons (Fsp3) is 0.333. The summed E-state index contributed by atoms with van der Waals surface area (Å²) in [6.45, 7) is 5.98. The van der Waals surface area contributed by atoms with Gasteiger partial charge in [0.1, 0.15) is 24.4 Å². The van der Waals surface area contributed by atoms with E-state index in [1.165, 1.54) is 24.4 Å². The third-order valence-electron chi connectivity index (χ3n) is 3.87. The molecule has 1 atom stereocenters. The van der Waals surface area contributed by atoms with Crippen LogP contribution in [0.25, 0.3) is 6.08 Å². The molecule has 0 fully saturated rings. The lowest BCUT2D eigenvalue weighted by Crippen LogP contribution is -2.26. The van der Waals surface area contributed by atoms with E-state index >= 15 is 0 Å². The molecule has 8 heteroatoms. The molecule has 2 aromatic rings. The van der Waals surface area contributed by atoms with E-state index in [1.807, 2.05) is 45.0 Å². The Labute approximate surface area is 169 Å². The summed E-state index contributed by atoms with van der Waals surface area (Å²) in [5, 5.41) is 13.8. The van der Waals surface area contributed by atoms with Crippen molar-refractivity contribution in [3.63, 3.8) is 0 Å². The standard InChI is InChI=1S/C21H25N3O5/c1-4-17(23-20-10-9-18(13-22-20)24(26)27)14-28-21(25)11-8-16-6-5-7-19(12-16)29-15(2)3/h5-13,15,17H,4,14H2,1-3H3,(H,22,23)/b11-8+. The number of anilines is 1. The first-order chi connectivity index (χ1) is 13.9. The molecule has 0 aliphatic carbocycles. The number of nitrogens with zero attached hydrogens (tertiary/aromatic N) is 2. The van der Waals surface area contributed by atoms with Crippen LogP contribution in [-0.4, -0.2) is 34.6 Å². The zero-order chi connectivity index (χ0) is 21.2. The van der Waals surface area contributed by atoms with E-state index in [-0.39, 0.29) is 24.4 Å². The largest absolute Gasteiger partial charge is 0.491 e. The van der Waals surface area contributed by atoms with Gasteiger partial charge in [-0.1, -0.05) is 19.1 Å². The third kappa shape index (κ3) is 7.61. The summed E-state index contributed by atoms with van der Waals surface area (Å²) in [6, 6.07) is 10.2. The van der Waals surface area contributed by atoms with Crippen LogP contribution in [-0.2, 0) is 9.53 Å². The molecular weight excluding hydrogens is 374 g/mol. The first-order valence-corrected chi connectivity index (χ1v) is 9.36. The minimum Gasteiger partial charge on any atom is -0.491 e. The van der Waals surface area contributed by atoms with Gasteiger partial charge in [0.05, 0.1) is 17.1 Å². The fourth-order valence-corrected chi connectivity index (χ4v) is 2.41. The number of nitrogens with one attached hydrogen (secondary N) is 1. The predicted octanol–water partition coefficient (Wildman–Crippen LogP) is 4.22. The number of nitro groups is 1. The molecular formula is C21H25N3O5. The van der Waals surface area contributed by atoms with Gasteiger partial charge in [-0.2, -0.15) is 0 Å². The maximum Gasteiger partial charge on any atom is 0.330 e. The summed E-state index contributed by atoms with van der Waals surface area (Å²) >= 11 is 0. The Morgan fingerprint density at radius 1 is 1.31 bits per heavy atom. The first-order valence-electron chi connectivity index (χ1n) is 9.36. The van der Waals surface area contributed by atoms with Crippen LogP contribution < -0.4 is 10.1 Å². The van der Waals surface area contributed by atoms with E-state index in [4.69, 9.17) is 9.47 Å². The number of aromatic nitrogens is 1. The van der Waals surface area contributed by atoms with Crippen molar-refractivity contribution in [2.75, 3.05) is 11.9 Å². The van der Waals surface area contributed by atoms with Gasteiger partial charge in [-0.05, 0) is 50.1 Å². The van der Waals surface area contributed by atoms with Gasteiger partial charge < -0.3 is 14.8 Å². The second-order valence-electron chi connectivity index (χ2n) is 6.61. The van der Waals surface area contributed by atoms with Gasteiger partial charge in [-0.3, -0.25) is 10.1 Å². The Kier molecular flexibility index (Phi) is 8.14. The Bertz CT molecular complexity index is 850. The Balaban J connectivity index is 1.86. The van der Waals surface area contributed by atoms with Crippen molar-refractivity contribution >= 4 is 23.6 Å². The molecule has 0 saturated heterocycles. The SMILES string of the molecule is CCC(COC(=O)/C=C/c1cccc(OC(C)C)c1)Nc1ccc([N+](=O)[O-])cn1. The van der Waals surface area contributed by atoms with E-state index in [2.05, 4.69) is 10.3 Å². The van der Waals surface area contributed by atoms with Crippen molar-refractivity contribution in [1.29, 1.82) is 0 Å². The molecule has 1 heterocycles. The van der Waals surface area contributed by atoms with Gasteiger partial charge in [-0.15, -0.1) is 0 Å². The van der Waals surface area contributed by atoms with Crippen LogP contribution in [0.5, 0.6) is 5.75 Å². The fourth-order valence-electron chi connectivity index (χ4n) is 2.41. The number of pyridine rings is 1. The van der Waals surface area contributed by atoms with Crippen molar-refractivity contribution in [3.05, 3.63) is 64.3 Å². The smallest absolute Gasteiger partial charge is 0.330 e. The van der Waals surface area contributed by atoms with E-state index in [0.717, 1.165) is 11.3 Å². The quantitative estimate of drug-likeness (QED) is 0.276. The Morgan fingerprint density at radius 3 is 2.72 bits per heavy atom. The summed E-state index contributed by atoms with van der Waals surface area (Å²) in [7, 11) is 0. The second-order valence-corrected chi connectivity index (χ2v) is 6.61. The van der Waals surface area contributed by atoms with Crippen LogP contribution in [0.4, 0.5) is 11.5 Å². The average Bonchev–Trinajstić information content (AvgIpc) is 2.69. The van der Waals surface area contributed by atoms with E-state index in [1.54, 1.807) is 6.08 Å². The monoisotopic (exact) mass is 399 g/mol. The van der Waals surface area contributed by atoms with Crippen LogP contribution in [0, 0.1) is 10.1 Å². The molecule has 0 radical (unpaired) electrons.